The van der Waals surface area contributed by atoms with Crippen LogP contribution in [-0.2, 0) is 0 Å². The topological polar surface area (TPSA) is 39.1 Å². The number of rotatable bonds is 9. The highest BCUT2D eigenvalue weighted by atomic mass is 19.4. The summed E-state index contributed by atoms with van der Waals surface area (Å²) >= 11 is 0. The Kier molecular flexibility index (Phi) is 8.14. The molecule has 3 nitrogen and oxygen atoms in total. The fraction of sp³-hybridized carbons (Fsp3) is 0.929. The van der Waals surface area contributed by atoms with E-state index in [1.165, 1.54) is 0 Å². The normalized spacial score (nSPS) is 15.4. The molecule has 0 aliphatic heterocycles. The molecule has 118 valence electrons. The van der Waals surface area contributed by atoms with Crippen LogP contribution in [0.3, 0.4) is 0 Å². The third-order valence-electron chi connectivity index (χ3n) is 3.10. The van der Waals surface area contributed by atoms with E-state index in [9.17, 15) is 13.2 Å². The molecule has 1 N–H and O–H groups in total. The first kappa shape index (κ1) is 19.2. The van der Waals surface area contributed by atoms with Crippen molar-refractivity contribution in [1.82, 2.24) is 10.2 Å². The molecule has 0 aromatic heterocycles. The lowest BCUT2D eigenvalue weighted by Gasteiger charge is -2.26. The number of alkyl halides is 3. The summed E-state index contributed by atoms with van der Waals surface area (Å²) in [6.45, 7) is 6.49. The largest absolute Gasteiger partial charge is 0.390 e. The van der Waals surface area contributed by atoms with Gasteiger partial charge in [0, 0.05) is 12.6 Å². The van der Waals surface area contributed by atoms with Gasteiger partial charge in [-0.2, -0.15) is 18.4 Å². The summed E-state index contributed by atoms with van der Waals surface area (Å²) in [5.41, 5.74) is -0.557. The Morgan fingerprint density at radius 3 is 2.20 bits per heavy atom. The van der Waals surface area contributed by atoms with Crippen molar-refractivity contribution < 1.29 is 13.2 Å². The van der Waals surface area contributed by atoms with Gasteiger partial charge in [-0.3, -0.25) is 5.32 Å². The summed E-state index contributed by atoms with van der Waals surface area (Å²) in [5, 5.41) is 12.4. The Morgan fingerprint density at radius 2 is 1.75 bits per heavy atom. The predicted molar refractivity (Wildman–Crippen MR) is 74.3 cm³/mol. The third kappa shape index (κ3) is 10.0. The van der Waals surface area contributed by atoms with E-state index in [0.717, 1.165) is 12.8 Å². The standard InChI is InChI=1S/C14H26F3N3/c1-12(2)19-13(3,11-18)7-5-6-9-20(4)10-8-14(15,16)17/h12,19H,5-10H2,1-4H3. The van der Waals surface area contributed by atoms with E-state index in [-0.39, 0.29) is 12.6 Å². The van der Waals surface area contributed by atoms with Crippen molar-refractivity contribution in [3.05, 3.63) is 0 Å². The zero-order chi connectivity index (χ0) is 15.8. The first-order valence-electron chi connectivity index (χ1n) is 7.02. The van der Waals surface area contributed by atoms with Crippen LogP contribution in [-0.4, -0.2) is 42.8 Å². The van der Waals surface area contributed by atoms with Crippen molar-refractivity contribution in [2.75, 3.05) is 20.1 Å². The summed E-state index contributed by atoms with van der Waals surface area (Å²) in [6, 6.07) is 2.50. The van der Waals surface area contributed by atoms with Gasteiger partial charge in [-0.25, -0.2) is 0 Å². The van der Waals surface area contributed by atoms with Gasteiger partial charge in [0.25, 0.3) is 0 Å². The molecule has 0 bridgehead atoms. The van der Waals surface area contributed by atoms with E-state index in [1.54, 1.807) is 11.9 Å². The Labute approximate surface area is 120 Å². The van der Waals surface area contributed by atoms with Crippen LogP contribution >= 0.6 is 0 Å². The lowest BCUT2D eigenvalue weighted by atomic mass is 9.95. The monoisotopic (exact) mass is 293 g/mol. The molecule has 0 aromatic carbocycles. The Hall–Kier alpha value is -0.800. The summed E-state index contributed by atoms with van der Waals surface area (Å²) in [6.07, 6.45) is -2.54. The van der Waals surface area contributed by atoms with Gasteiger partial charge in [0.05, 0.1) is 12.5 Å². The molecule has 0 aromatic rings. The fourth-order valence-corrected chi connectivity index (χ4v) is 2.09. The molecule has 0 heterocycles. The molecule has 1 unspecified atom stereocenters. The molecule has 0 amide bonds. The minimum atomic E-state index is -4.09. The first-order chi connectivity index (χ1) is 9.08. The maximum atomic E-state index is 12.1. The zero-order valence-corrected chi connectivity index (χ0v) is 12.8. The molecule has 0 aliphatic rings. The smallest absolute Gasteiger partial charge is 0.306 e. The maximum Gasteiger partial charge on any atom is 0.390 e. The van der Waals surface area contributed by atoms with Crippen LogP contribution in [0.4, 0.5) is 13.2 Å². The molecular formula is C14H26F3N3. The molecular weight excluding hydrogens is 267 g/mol. The summed E-state index contributed by atoms with van der Waals surface area (Å²) in [5.74, 6) is 0. The molecule has 0 spiro atoms. The van der Waals surface area contributed by atoms with Gasteiger partial charge in [0.2, 0.25) is 0 Å². The number of halogens is 3. The van der Waals surface area contributed by atoms with Crippen molar-refractivity contribution in [1.29, 1.82) is 5.26 Å². The maximum absolute atomic E-state index is 12.1. The van der Waals surface area contributed by atoms with Gasteiger partial charge in [-0.1, -0.05) is 0 Å². The lowest BCUT2D eigenvalue weighted by Crippen LogP contribution is -2.44. The number of hydrogen-bond acceptors (Lipinski definition) is 3. The van der Waals surface area contributed by atoms with Crippen LogP contribution in [0.15, 0.2) is 0 Å². The molecule has 0 rings (SSSR count). The Morgan fingerprint density at radius 1 is 1.15 bits per heavy atom. The predicted octanol–water partition coefficient (Wildman–Crippen LogP) is 3.32. The highest BCUT2D eigenvalue weighted by Gasteiger charge is 2.27. The van der Waals surface area contributed by atoms with Crippen molar-refractivity contribution >= 4 is 0 Å². The van der Waals surface area contributed by atoms with Crippen molar-refractivity contribution in [2.45, 2.75) is 64.2 Å². The summed E-state index contributed by atoms with van der Waals surface area (Å²) in [4.78, 5) is 1.69. The lowest BCUT2D eigenvalue weighted by molar-refractivity contribution is -0.137. The number of nitrogens with one attached hydrogen (secondary N) is 1. The van der Waals surface area contributed by atoms with Gasteiger partial charge in [-0.05, 0) is 53.6 Å². The van der Waals surface area contributed by atoms with E-state index < -0.39 is 18.1 Å². The number of nitrogens with zero attached hydrogens (tertiary/aromatic N) is 2. The van der Waals surface area contributed by atoms with Gasteiger partial charge in [0.1, 0.15) is 5.54 Å². The van der Waals surface area contributed by atoms with Gasteiger partial charge in [-0.15, -0.1) is 0 Å². The number of unbranched alkanes of at least 4 members (excludes halogenated alkanes) is 1. The van der Waals surface area contributed by atoms with Crippen LogP contribution in [0.2, 0.25) is 0 Å². The van der Waals surface area contributed by atoms with Crippen molar-refractivity contribution in [3.8, 4) is 6.07 Å². The number of hydrogen-bond donors (Lipinski definition) is 1. The van der Waals surface area contributed by atoms with Crippen LogP contribution in [0.25, 0.3) is 0 Å². The van der Waals surface area contributed by atoms with Crippen LogP contribution in [0.1, 0.15) is 46.5 Å². The molecule has 0 saturated heterocycles. The van der Waals surface area contributed by atoms with E-state index in [4.69, 9.17) is 5.26 Å². The molecule has 6 heteroatoms. The molecule has 20 heavy (non-hydrogen) atoms. The Bertz CT molecular complexity index is 310. The average Bonchev–Trinajstić information content (AvgIpc) is 2.30. The van der Waals surface area contributed by atoms with E-state index >= 15 is 0 Å². The zero-order valence-electron chi connectivity index (χ0n) is 12.8. The summed E-state index contributed by atoms with van der Waals surface area (Å²) < 4.78 is 36.2. The highest BCUT2D eigenvalue weighted by molar-refractivity contribution is 5.04. The Balaban J connectivity index is 3.87. The second kappa shape index (κ2) is 8.48. The highest BCUT2D eigenvalue weighted by Crippen LogP contribution is 2.19. The second-order valence-electron chi connectivity index (χ2n) is 5.87. The molecule has 0 radical (unpaired) electrons. The third-order valence-corrected chi connectivity index (χ3v) is 3.10. The van der Waals surface area contributed by atoms with Crippen LogP contribution in [0, 0.1) is 11.3 Å². The van der Waals surface area contributed by atoms with E-state index in [2.05, 4.69) is 11.4 Å². The van der Waals surface area contributed by atoms with Gasteiger partial charge < -0.3 is 4.90 Å². The van der Waals surface area contributed by atoms with Crippen LogP contribution in [0.5, 0.6) is 0 Å². The van der Waals surface area contributed by atoms with Crippen molar-refractivity contribution in [2.24, 2.45) is 0 Å². The van der Waals surface area contributed by atoms with Gasteiger partial charge in [0.15, 0.2) is 0 Å². The SMILES string of the molecule is CC(C)NC(C)(C#N)CCCCN(C)CCC(F)(F)F. The summed E-state index contributed by atoms with van der Waals surface area (Å²) in [7, 11) is 1.70. The molecule has 0 aliphatic carbocycles. The minimum absolute atomic E-state index is 0.0310. The number of nitriles is 1. The fourth-order valence-electron chi connectivity index (χ4n) is 2.09. The van der Waals surface area contributed by atoms with E-state index in [1.807, 2.05) is 20.8 Å². The molecule has 1 atom stereocenters. The molecule has 0 fully saturated rings. The second-order valence-corrected chi connectivity index (χ2v) is 5.87. The average molecular weight is 293 g/mol. The van der Waals surface area contributed by atoms with Crippen LogP contribution < -0.4 is 5.32 Å². The minimum Gasteiger partial charge on any atom is -0.306 e. The quantitative estimate of drug-likeness (QED) is 0.663. The van der Waals surface area contributed by atoms with E-state index in [0.29, 0.717) is 13.0 Å². The van der Waals surface area contributed by atoms with Crippen molar-refractivity contribution in [3.63, 3.8) is 0 Å². The first-order valence-corrected chi connectivity index (χ1v) is 7.02. The molecule has 0 saturated carbocycles. The van der Waals surface area contributed by atoms with Gasteiger partial charge >= 0.3 is 6.18 Å².